The summed E-state index contributed by atoms with van der Waals surface area (Å²) >= 11 is 0. The van der Waals surface area contributed by atoms with Gasteiger partial charge in [-0.15, -0.1) is 0 Å². The molecule has 0 radical (unpaired) electrons. The highest BCUT2D eigenvalue weighted by Gasteiger charge is 1.99. The van der Waals surface area contributed by atoms with Crippen molar-refractivity contribution in [3.05, 3.63) is 29.8 Å². The monoisotopic (exact) mass is 346 g/mol. The Morgan fingerprint density at radius 2 is 1.16 bits per heavy atom. The molecule has 0 aromatic heterocycles. The van der Waals surface area contributed by atoms with Crippen LogP contribution in [0.15, 0.2) is 24.3 Å². The van der Waals surface area contributed by atoms with Gasteiger partial charge >= 0.3 is 0 Å². The lowest BCUT2D eigenvalue weighted by Gasteiger charge is -2.05. The normalized spacial score (nSPS) is 11.2. The number of ether oxygens (including phenoxy) is 2. The fraction of sp³-hybridized carbons (Fsp3) is 0.652. The summed E-state index contributed by atoms with van der Waals surface area (Å²) in [7, 11) is 3.38. The van der Waals surface area contributed by atoms with Crippen molar-refractivity contribution < 1.29 is 9.47 Å². The first-order valence-electron chi connectivity index (χ1n) is 10.2. The van der Waals surface area contributed by atoms with E-state index in [1.54, 1.807) is 14.2 Å². The van der Waals surface area contributed by atoms with Crippen molar-refractivity contribution in [3.63, 3.8) is 0 Å². The van der Waals surface area contributed by atoms with Gasteiger partial charge in [-0.1, -0.05) is 83.3 Å². The second kappa shape index (κ2) is 14.9. The summed E-state index contributed by atoms with van der Waals surface area (Å²) in [6, 6.07) is 5.99. The Morgan fingerprint density at radius 3 is 1.64 bits per heavy atom. The number of methoxy groups -OCH3 is 2. The van der Waals surface area contributed by atoms with Crippen LogP contribution < -0.4 is 9.47 Å². The molecular formula is C23H38O2. The Balaban J connectivity index is 2.05. The first-order valence-corrected chi connectivity index (χ1v) is 10.2. The maximum absolute atomic E-state index is 5.30. The van der Waals surface area contributed by atoms with E-state index in [1.807, 2.05) is 18.2 Å². The van der Waals surface area contributed by atoms with Crippen LogP contribution in [0.5, 0.6) is 11.5 Å². The number of hydrogen-bond acceptors (Lipinski definition) is 2. The molecule has 0 aliphatic carbocycles. The Hall–Kier alpha value is -1.44. The molecule has 0 atom stereocenters. The van der Waals surface area contributed by atoms with E-state index in [9.17, 15) is 0 Å². The second-order valence-electron chi connectivity index (χ2n) is 6.87. The molecule has 0 fully saturated rings. The highest BCUT2D eigenvalue weighted by atomic mass is 16.5. The van der Waals surface area contributed by atoms with Gasteiger partial charge in [0, 0.05) is 6.07 Å². The van der Waals surface area contributed by atoms with Gasteiger partial charge in [0.1, 0.15) is 11.5 Å². The first kappa shape index (κ1) is 21.6. The minimum atomic E-state index is 0.841. The van der Waals surface area contributed by atoms with Gasteiger partial charge < -0.3 is 9.47 Å². The Labute approximate surface area is 155 Å². The highest BCUT2D eigenvalue weighted by Crippen LogP contribution is 2.23. The molecule has 25 heavy (non-hydrogen) atoms. The van der Waals surface area contributed by atoms with Crippen molar-refractivity contribution in [3.8, 4) is 11.5 Å². The smallest absolute Gasteiger partial charge is 0.123 e. The van der Waals surface area contributed by atoms with Crippen molar-refractivity contribution in [2.24, 2.45) is 0 Å². The maximum atomic E-state index is 5.30. The summed E-state index contributed by atoms with van der Waals surface area (Å²) in [5.41, 5.74) is 1.14. The van der Waals surface area contributed by atoms with Gasteiger partial charge in [-0.2, -0.15) is 0 Å². The molecule has 0 aliphatic rings. The topological polar surface area (TPSA) is 18.5 Å². The van der Waals surface area contributed by atoms with Gasteiger partial charge in [0.15, 0.2) is 0 Å². The Bertz CT molecular complexity index is 443. The lowest BCUT2D eigenvalue weighted by molar-refractivity contribution is 0.394. The number of rotatable bonds is 15. The van der Waals surface area contributed by atoms with Gasteiger partial charge in [0.2, 0.25) is 0 Å². The second-order valence-corrected chi connectivity index (χ2v) is 6.87. The van der Waals surface area contributed by atoms with Crippen molar-refractivity contribution in [1.29, 1.82) is 0 Å². The molecule has 2 heteroatoms. The van der Waals surface area contributed by atoms with Gasteiger partial charge in [0.05, 0.1) is 14.2 Å². The van der Waals surface area contributed by atoms with E-state index in [4.69, 9.17) is 9.47 Å². The quantitative estimate of drug-likeness (QED) is 0.308. The summed E-state index contributed by atoms with van der Waals surface area (Å²) in [6.07, 6.45) is 20.9. The average molecular weight is 347 g/mol. The zero-order valence-electron chi connectivity index (χ0n) is 16.7. The summed E-state index contributed by atoms with van der Waals surface area (Å²) in [5.74, 6) is 1.68. The molecule has 2 nitrogen and oxygen atoms in total. The molecule has 0 saturated carbocycles. The van der Waals surface area contributed by atoms with Crippen molar-refractivity contribution in [2.45, 2.75) is 84.0 Å². The summed E-state index contributed by atoms with van der Waals surface area (Å²) in [6.45, 7) is 2.28. The Morgan fingerprint density at radius 1 is 0.680 bits per heavy atom. The van der Waals surface area contributed by atoms with Crippen molar-refractivity contribution in [1.82, 2.24) is 0 Å². The van der Waals surface area contributed by atoms with E-state index >= 15 is 0 Å². The van der Waals surface area contributed by atoms with Crippen LogP contribution in [0.25, 0.3) is 6.08 Å². The van der Waals surface area contributed by atoms with Crippen LogP contribution in [-0.2, 0) is 0 Å². The standard InChI is InChI=1S/C23H38O2/c1-4-5-6-7-8-9-10-11-12-13-14-15-16-17-21-18-22(24-2)20-23(19-21)25-3/h16-20H,4-15H2,1-3H3/b17-16+. The van der Waals surface area contributed by atoms with Gasteiger partial charge in [0.25, 0.3) is 0 Å². The molecule has 142 valence electrons. The predicted molar refractivity (Wildman–Crippen MR) is 110 cm³/mol. The zero-order chi connectivity index (χ0) is 18.2. The maximum Gasteiger partial charge on any atom is 0.123 e. The highest BCUT2D eigenvalue weighted by molar-refractivity contribution is 5.55. The molecule has 0 saturated heterocycles. The van der Waals surface area contributed by atoms with Crippen LogP contribution in [0, 0.1) is 0 Å². The van der Waals surface area contributed by atoms with Crippen molar-refractivity contribution in [2.75, 3.05) is 14.2 Å². The number of hydrogen-bond donors (Lipinski definition) is 0. The third kappa shape index (κ3) is 10.9. The van der Waals surface area contributed by atoms with Crippen LogP contribution in [-0.4, -0.2) is 14.2 Å². The molecule has 0 bridgehead atoms. The molecule has 1 rings (SSSR count). The summed E-state index contributed by atoms with van der Waals surface area (Å²) in [5, 5.41) is 0. The molecule has 1 aromatic rings. The van der Waals surface area contributed by atoms with E-state index < -0.39 is 0 Å². The molecule has 0 N–H and O–H groups in total. The minimum absolute atomic E-state index is 0.841. The van der Waals surface area contributed by atoms with E-state index in [0.29, 0.717) is 0 Å². The van der Waals surface area contributed by atoms with E-state index in [1.165, 1.54) is 70.6 Å². The van der Waals surface area contributed by atoms with Crippen LogP contribution in [0.1, 0.15) is 89.5 Å². The molecular weight excluding hydrogens is 308 g/mol. The molecule has 0 amide bonds. The molecule has 1 aromatic carbocycles. The lowest BCUT2D eigenvalue weighted by Crippen LogP contribution is -1.88. The van der Waals surface area contributed by atoms with Gasteiger partial charge in [-0.05, 0) is 30.5 Å². The van der Waals surface area contributed by atoms with Crippen LogP contribution >= 0.6 is 0 Å². The SMILES string of the molecule is CCCCCCCCCCCCC/C=C/c1cc(OC)cc(OC)c1. The zero-order valence-corrected chi connectivity index (χ0v) is 16.7. The van der Waals surface area contributed by atoms with E-state index in [-0.39, 0.29) is 0 Å². The lowest BCUT2D eigenvalue weighted by atomic mass is 10.0. The Kier molecular flexibility index (Phi) is 12.8. The van der Waals surface area contributed by atoms with Gasteiger partial charge in [-0.3, -0.25) is 0 Å². The molecule has 0 aliphatic heterocycles. The molecule has 0 heterocycles. The fourth-order valence-corrected chi connectivity index (χ4v) is 3.07. The molecule has 0 unspecified atom stereocenters. The number of allylic oxidation sites excluding steroid dienone is 1. The van der Waals surface area contributed by atoms with E-state index in [2.05, 4.69) is 19.1 Å². The van der Waals surface area contributed by atoms with Crippen LogP contribution in [0.2, 0.25) is 0 Å². The molecule has 0 spiro atoms. The fourth-order valence-electron chi connectivity index (χ4n) is 3.07. The summed E-state index contributed by atoms with van der Waals surface area (Å²) < 4.78 is 10.6. The predicted octanol–water partition coefficient (Wildman–Crippen LogP) is 7.42. The number of unbranched alkanes of at least 4 members (excludes halogenated alkanes) is 11. The summed E-state index contributed by atoms with van der Waals surface area (Å²) in [4.78, 5) is 0. The van der Waals surface area contributed by atoms with Crippen LogP contribution in [0.3, 0.4) is 0 Å². The minimum Gasteiger partial charge on any atom is -0.497 e. The van der Waals surface area contributed by atoms with E-state index in [0.717, 1.165) is 23.5 Å². The number of benzene rings is 1. The first-order chi connectivity index (χ1) is 12.3. The largest absolute Gasteiger partial charge is 0.497 e. The third-order valence-corrected chi connectivity index (χ3v) is 4.66. The van der Waals surface area contributed by atoms with Crippen molar-refractivity contribution >= 4 is 6.08 Å². The van der Waals surface area contributed by atoms with Gasteiger partial charge in [-0.25, -0.2) is 0 Å². The van der Waals surface area contributed by atoms with Crippen LogP contribution in [0.4, 0.5) is 0 Å². The third-order valence-electron chi connectivity index (χ3n) is 4.66. The average Bonchev–Trinajstić information content (AvgIpc) is 2.65.